The SMILES string of the molecule is CCOC1CC(CO)(NC(=O)c2cc(Cl)ccc2Cl)C1(C)C. The Bertz CT molecular complexity index is 577. The molecular weight excluding hydrogens is 325 g/mol. The molecule has 0 radical (unpaired) electrons. The maximum absolute atomic E-state index is 12.5. The predicted molar refractivity (Wildman–Crippen MR) is 87.6 cm³/mol. The van der Waals surface area contributed by atoms with Crippen molar-refractivity contribution < 1.29 is 14.6 Å². The predicted octanol–water partition coefficient (Wildman–Crippen LogP) is 3.29. The van der Waals surface area contributed by atoms with Crippen LogP contribution in [0.5, 0.6) is 0 Å². The summed E-state index contributed by atoms with van der Waals surface area (Å²) in [6.45, 7) is 6.33. The molecule has 2 atom stereocenters. The van der Waals surface area contributed by atoms with Crippen molar-refractivity contribution in [2.45, 2.75) is 38.8 Å². The van der Waals surface area contributed by atoms with Crippen LogP contribution in [0, 0.1) is 5.41 Å². The zero-order chi connectivity index (χ0) is 16.5. The van der Waals surface area contributed by atoms with Crippen LogP contribution in [0.25, 0.3) is 0 Å². The molecule has 0 spiro atoms. The second-order valence-electron chi connectivity index (χ2n) is 6.19. The van der Waals surface area contributed by atoms with E-state index in [4.69, 9.17) is 27.9 Å². The number of aliphatic hydroxyl groups is 1. The maximum atomic E-state index is 12.5. The summed E-state index contributed by atoms with van der Waals surface area (Å²) in [6, 6.07) is 4.73. The third-order valence-corrected chi connectivity index (χ3v) is 5.30. The van der Waals surface area contributed by atoms with E-state index in [0.29, 0.717) is 28.6 Å². The molecule has 1 saturated carbocycles. The highest BCUT2D eigenvalue weighted by atomic mass is 35.5. The second kappa shape index (κ2) is 6.36. The van der Waals surface area contributed by atoms with E-state index in [9.17, 15) is 9.90 Å². The molecule has 0 aliphatic heterocycles. The molecule has 6 heteroatoms. The van der Waals surface area contributed by atoms with E-state index in [-0.39, 0.29) is 24.0 Å². The molecule has 22 heavy (non-hydrogen) atoms. The first-order valence-electron chi connectivity index (χ1n) is 7.27. The highest BCUT2D eigenvalue weighted by Gasteiger charge is 2.61. The van der Waals surface area contributed by atoms with Crippen molar-refractivity contribution in [3.05, 3.63) is 33.8 Å². The highest BCUT2D eigenvalue weighted by molar-refractivity contribution is 6.35. The summed E-state index contributed by atoms with van der Waals surface area (Å²) < 4.78 is 5.67. The molecule has 0 heterocycles. The molecule has 1 aliphatic carbocycles. The van der Waals surface area contributed by atoms with Gasteiger partial charge in [0.2, 0.25) is 0 Å². The number of carbonyl (C=O) groups is 1. The molecule has 1 aromatic rings. The van der Waals surface area contributed by atoms with Crippen LogP contribution in [0.1, 0.15) is 37.6 Å². The van der Waals surface area contributed by atoms with Gasteiger partial charge in [-0.2, -0.15) is 0 Å². The van der Waals surface area contributed by atoms with Crippen molar-refractivity contribution in [2.75, 3.05) is 13.2 Å². The standard InChI is InChI=1S/C16H21Cl2NO3/c1-4-22-13-8-16(9-20,15(13,2)3)19-14(21)11-7-10(17)5-6-12(11)18/h5-7,13,20H,4,8-9H2,1-3H3,(H,19,21). The lowest BCUT2D eigenvalue weighted by molar-refractivity contribution is -0.172. The van der Waals surface area contributed by atoms with Crippen LogP contribution in [0.15, 0.2) is 18.2 Å². The number of rotatable bonds is 5. The first-order chi connectivity index (χ1) is 10.3. The summed E-state index contributed by atoms with van der Waals surface area (Å²) >= 11 is 12.0. The average molecular weight is 346 g/mol. The summed E-state index contributed by atoms with van der Waals surface area (Å²) in [4.78, 5) is 12.5. The van der Waals surface area contributed by atoms with Crippen LogP contribution in [-0.2, 0) is 4.74 Å². The van der Waals surface area contributed by atoms with Gasteiger partial charge in [-0.3, -0.25) is 4.79 Å². The van der Waals surface area contributed by atoms with E-state index in [1.807, 2.05) is 20.8 Å². The van der Waals surface area contributed by atoms with Gasteiger partial charge >= 0.3 is 0 Å². The van der Waals surface area contributed by atoms with Crippen LogP contribution in [0.2, 0.25) is 10.0 Å². The van der Waals surface area contributed by atoms with E-state index in [2.05, 4.69) is 5.32 Å². The Morgan fingerprint density at radius 2 is 2.14 bits per heavy atom. The maximum Gasteiger partial charge on any atom is 0.253 e. The average Bonchev–Trinajstić information content (AvgIpc) is 2.48. The molecule has 4 nitrogen and oxygen atoms in total. The fourth-order valence-corrected chi connectivity index (χ4v) is 3.33. The first kappa shape index (κ1) is 17.5. The Hall–Kier alpha value is -0.810. The molecule has 1 fully saturated rings. The smallest absolute Gasteiger partial charge is 0.253 e. The monoisotopic (exact) mass is 345 g/mol. The Kier molecular flexibility index (Phi) is 5.07. The first-order valence-corrected chi connectivity index (χ1v) is 8.03. The number of hydrogen-bond acceptors (Lipinski definition) is 3. The Balaban J connectivity index is 2.21. The Labute approximate surface area is 140 Å². The van der Waals surface area contributed by atoms with Gasteiger partial charge in [-0.05, 0) is 25.1 Å². The molecule has 1 amide bonds. The molecule has 122 valence electrons. The van der Waals surface area contributed by atoms with Crippen LogP contribution in [-0.4, -0.2) is 35.9 Å². The fraction of sp³-hybridized carbons (Fsp3) is 0.562. The van der Waals surface area contributed by atoms with Crippen molar-refractivity contribution in [1.29, 1.82) is 0 Å². The number of nitrogens with one attached hydrogen (secondary N) is 1. The lowest BCUT2D eigenvalue weighted by Crippen LogP contribution is -2.74. The van der Waals surface area contributed by atoms with Crippen molar-refractivity contribution >= 4 is 29.1 Å². The van der Waals surface area contributed by atoms with Gasteiger partial charge in [0.15, 0.2) is 0 Å². The van der Waals surface area contributed by atoms with E-state index in [0.717, 1.165) is 0 Å². The van der Waals surface area contributed by atoms with Crippen molar-refractivity contribution in [3.8, 4) is 0 Å². The molecular formula is C16H21Cl2NO3. The van der Waals surface area contributed by atoms with Gasteiger partial charge < -0.3 is 15.2 Å². The second-order valence-corrected chi connectivity index (χ2v) is 7.03. The third kappa shape index (κ3) is 2.85. The van der Waals surface area contributed by atoms with Gasteiger partial charge in [-0.1, -0.05) is 37.0 Å². The summed E-state index contributed by atoms with van der Waals surface area (Å²) in [7, 11) is 0. The Morgan fingerprint density at radius 1 is 1.45 bits per heavy atom. The zero-order valence-electron chi connectivity index (χ0n) is 13.0. The van der Waals surface area contributed by atoms with Gasteiger partial charge in [-0.25, -0.2) is 0 Å². The zero-order valence-corrected chi connectivity index (χ0v) is 14.5. The van der Waals surface area contributed by atoms with Crippen molar-refractivity contribution in [3.63, 3.8) is 0 Å². The minimum atomic E-state index is -0.727. The molecule has 0 saturated heterocycles. The van der Waals surface area contributed by atoms with Gasteiger partial charge in [0.05, 0.1) is 28.8 Å². The van der Waals surface area contributed by atoms with E-state index < -0.39 is 5.54 Å². The molecule has 2 unspecified atom stereocenters. The number of carbonyl (C=O) groups excluding carboxylic acids is 1. The van der Waals surface area contributed by atoms with Crippen LogP contribution < -0.4 is 5.32 Å². The number of ether oxygens (including phenoxy) is 1. The lowest BCUT2D eigenvalue weighted by Gasteiger charge is -2.60. The van der Waals surface area contributed by atoms with Gasteiger partial charge in [-0.15, -0.1) is 0 Å². The van der Waals surface area contributed by atoms with E-state index in [1.54, 1.807) is 12.1 Å². The summed E-state index contributed by atoms with van der Waals surface area (Å²) in [5.41, 5.74) is -0.800. The minimum Gasteiger partial charge on any atom is -0.394 e. The Morgan fingerprint density at radius 3 is 2.68 bits per heavy atom. The van der Waals surface area contributed by atoms with Crippen LogP contribution in [0.3, 0.4) is 0 Å². The molecule has 1 aromatic carbocycles. The van der Waals surface area contributed by atoms with Crippen LogP contribution >= 0.6 is 23.2 Å². The van der Waals surface area contributed by atoms with E-state index >= 15 is 0 Å². The normalized spacial score (nSPS) is 26.4. The summed E-state index contributed by atoms with van der Waals surface area (Å²) in [6.07, 6.45) is 0.564. The molecule has 2 rings (SSSR count). The van der Waals surface area contributed by atoms with Gasteiger partial charge in [0, 0.05) is 23.5 Å². The molecule has 0 aromatic heterocycles. The van der Waals surface area contributed by atoms with Crippen molar-refractivity contribution in [1.82, 2.24) is 5.32 Å². The van der Waals surface area contributed by atoms with Crippen molar-refractivity contribution in [2.24, 2.45) is 5.41 Å². The quantitative estimate of drug-likeness (QED) is 0.860. The highest BCUT2D eigenvalue weighted by Crippen LogP contribution is 2.51. The fourth-order valence-electron chi connectivity index (χ4n) is 2.96. The third-order valence-electron chi connectivity index (χ3n) is 4.74. The van der Waals surface area contributed by atoms with Gasteiger partial charge in [0.1, 0.15) is 0 Å². The van der Waals surface area contributed by atoms with Gasteiger partial charge in [0.25, 0.3) is 5.91 Å². The lowest BCUT2D eigenvalue weighted by atomic mass is 9.54. The van der Waals surface area contributed by atoms with Crippen LogP contribution in [0.4, 0.5) is 0 Å². The molecule has 1 aliphatic rings. The minimum absolute atomic E-state index is 0.000201. The topological polar surface area (TPSA) is 58.6 Å². The number of amides is 1. The number of aliphatic hydroxyl groups excluding tert-OH is 1. The summed E-state index contributed by atoms with van der Waals surface area (Å²) in [5.74, 6) is -0.343. The number of benzene rings is 1. The summed E-state index contributed by atoms with van der Waals surface area (Å²) in [5, 5.41) is 13.5. The van der Waals surface area contributed by atoms with E-state index in [1.165, 1.54) is 6.07 Å². The number of halogens is 2. The number of hydrogen-bond donors (Lipinski definition) is 2. The largest absolute Gasteiger partial charge is 0.394 e. The molecule has 2 N–H and O–H groups in total. The molecule has 0 bridgehead atoms.